The SMILES string of the molecule is Cc1cncnc1N1CC2CN(Cc3cnn4c3CCC4)CC2C1. The van der Waals surface area contributed by atoms with E-state index in [1.54, 1.807) is 6.33 Å². The molecule has 5 heterocycles. The van der Waals surface area contributed by atoms with Gasteiger partial charge in [-0.05, 0) is 31.6 Å². The Balaban J connectivity index is 1.25. The first-order chi connectivity index (χ1) is 11.8. The first-order valence-electron chi connectivity index (χ1n) is 9.05. The molecule has 0 aliphatic carbocycles. The average Bonchev–Trinajstić information content (AvgIpc) is 3.29. The normalized spacial score (nSPS) is 26.1. The highest BCUT2D eigenvalue weighted by atomic mass is 15.3. The molecule has 0 bridgehead atoms. The fraction of sp³-hybridized carbons (Fsp3) is 0.611. The molecule has 2 unspecified atom stereocenters. The monoisotopic (exact) mass is 324 g/mol. The molecule has 2 atom stereocenters. The standard InChI is InChI=1S/C18H24N6/c1-13-5-19-12-20-18(13)23-10-15-8-22(9-16(15)11-23)7-14-6-21-24-4-2-3-17(14)24/h5-6,12,15-16H,2-4,7-11H2,1H3. The number of hydrogen-bond donors (Lipinski definition) is 0. The van der Waals surface area contributed by atoms with Gasteiger partial charge in [0.1, 0.15) is 12.1 Å². The van der Waals surface area contributed by atoms with Gasteiger partial charge in [0.05, 0.1) is 6.20 Å². The van der Waals surface area contributed by atoms with E-state index in [2.05, 4.69) is 42.7 Å². The molecule has 24 heavy (non-hydrogen) atoms. The summed E-state index contributed by atoms with van der Waals surface area (Å²) in [7, 11) is 0. The minimum Gasteiger partial charge on any atom is -0.356 e. The molecule has 0 saturated carbocycles. The van der Waals surface area contributed by atoms with Gasteiger partial charge in [0.25, 0.3) is 0 Å². The van der Waals surface area contributed by atoms with Crippen LogP contribution in [0.5, 0.6) is 0 Å². The molecule has 3 aliphatic rings. The first kappa shape index (κ1) is 14.4. The van der Waals surface area contributed by atoms with Crippen molar-refractivity contribution >= 4 is 5.82 Å². The smallest absolute Gasteiger partial charge is 0.134 e. The number of rotatable bonds is 3. The van der Waals surface area contributed by atoms with Gasteiger partial charge in [0, 0.05) is 62.3 Å². The van der Waals surface area contributed by atoms with Crippen molar-refractivity contribution in [3.8, 4) is 0 Å². The zero-order chi connectivity index (χ0) is 16.1. The molecule has 2 aromatic rings. The van der Waals surface area contributed by atoms with Crippen molar-refractivity contribution < 1.29 is 0 Å². The van der Waals surface area contributed by atoms with Crippen LogP contribution in [0.25, 0.3) is 0 Å². The highest BCUT2D eigenvalue weighted by Crippen LogP contribution is 2.35. The van der Waals surface area contributed by atoms with Crippen molar-refractivity contribution in [3.63, 3.8) is 0 Å². The van der Waals surface area contributed by atoms with Crippen molar-refractivity contribution in [1.29, 1.82) is 0 Å². The number of aryl methyl sites for hydroxylation is 2. The van der Waals surface area contributed by atoms with E-state index in [0.29, 0.717) is 0 Å². The van der Waals surface area contributed by atoms with E-state index in [1.807, 2.05) is 6.20 Å². The Bertz CT molecular complexity index is 740. The van der Waals surface area contributed by atoms with E-state index < -0.39 is 0 Å². The molecular weight excluding hydrogens is 300 g/mol. The summed E-state index contributed by atoms with van der Waals surface area (Å²) in [5.74, 6) is 2.66. The summed E-state index contributed by atoms with van der Waals surface area (Å²) >= 11 is 0. The Labute approximate surface area is 142 Å². The molecule has 2 saturated heterocycles. The Hall–Kier alpha value is -1.95. The molecule has 3 aliphatic heterocycles. The zero-order valence-electron chi connectivity index (χ0n) is 14.2. The second-order valence-corrected chi connectivity index (χ2v) is 7.59. The predicted molar refractivity (Wildman–Crippen MR) is 91.8 cm³/mol. The van der Waals surface area contributed by atoms with E-state index >= 15 is 0 Å². The molecule has 5 rings (SSSR count). The summed E-state index contributed by atoms with van der Waals surface area (Å²) in [5.41, 5.74) is 4.12. The molecule has 2 aromatic heterocycles. The minimum absolute atomic E-state index is 0.767. The molecule has 6 heteroatoms. The topological polar surface area (TPSA) is 50.1 Å². The lowest BCUT2D eigenvalue weighted by atomic mass is 10.0. The molecule has 2 fully saturated rings. The van der Waals surface area contributed by atoms with Crippen LogP contribution in [0, 0.1) is 18.8 Å². The first-order valence-corrected chi connectivity index (χ1v) is 9.05. The lowest BCUT2D eigenvalue weighted by Gasteiger charge is -2.23. The quantitative estimate of drug-likeness (QED) is 0.856. The minimum atomic E-state index is 0.767. The Kier molecular flexibility index (Phi) is 3.33. The largest absolute Gasteiger partial charge is 0.356 e. The van der Waals surface area contributed by atoms with Gasteiger partial charge in [-0.1, -0.05) is 0 Å². The van der Waals surface area contributed by atoms with E-state index in [9.17, 15) is 0 Å². The summed E-state index contributed by atoms with van der Waals surface area (Å²) in [6.45, 7) is 8.96. The second-order valence-electron chi connectivity index (χ2n) is 7.59. The number of fused-ring (bicyclic) bond motifs is 2. The molecular formula is C18H24N6. The van der Waals surface area contributed by atoms with Gasteiger partial charge in [-0.3, -0.25) is 9.58 Å². The van der Waals surface area contributed by atoms with Crippen LogP contribution in [0.2, 0.25) is 0 Å². The van der Waals surface area contributed by atoms with Crippen LogP contribution in [-0.2, 0) is 19.5 Å². The van der Waals surface area contributed by atoms with Gasteiger partial charge in [-0.15, -0.1) is 0 Å². The van der Waals surface area contributed by atoms with Gasteiger partial charge in [-0.25, -0.2) is 9.97 Å². The summed E-state index contributed by atoms with van der Waals surface area (Å²) in [6.07, 6.45) is 8.15. The average molecular weight is 324 g/mol. The highest BCUT2D eigenvalue weighted by Gasteiger charge is 2.40. The maximum atomic E-state index is 4.54. The van der Waals surface area contributed by atoms with E-state index in [-0.39, 0.29) is 0 Å². The molecule has 0 spiro atoms. The van der Waals surface area contributed by atoms with Crippen LogP contribution in [-0.4, -0.2) is 50.8 Å². The highest BCUT2D eigenvalue weighted by molar-refractivity contribution is 5.46. The number of aromatic nitrogens is 4. The number of nitrogens with zero attached hydrogens (tertiary/aromatic N) is 6. The van der Waals surface area contributed by atoms with Crippen LogP contribution in [0.4, 0.5) is 5.82 Å². The van der Waals surface area contributed by atoms with Crippen LogP contribution in [0.1, 0.15) is 23.2 Å². The molecule has 0 amide bonds. The lowest BCUT2D eigenvalue weighted by molar-refractivity contribution is 0.308. The van der Waals surface area contributed by atoms with Crippen molar-refractivity contribution in [2.45, 2.75) is 32.9 Å². The summed E-state index contributed by atoms with van der Waals surface area (Å²) in [6, 6.07) is 0. The maximum Gasteiger partial charge on any atom is 0.134 e. The summed E-state index contributed by atoms with van der Waals surface area (Å²) in [4.78, 5) is 13.7. The fourth-order valence-electron chi connectivity index (χ4n) is 4.82. The number of likely N-dealkylation sites (tertiary alicyclic amines) is 1. The van der Waals surface area contributed by atoms with Crippen molar-refractivity contribution in [2.75, 3.05) is 31.1 Å². The van der Waals surface area contributed by atoms with E-state index in [1.165, 1.54) is 42.8 Å². The molecule has 6 nitrogen and oxygen atoms in total. The van der Waals surface area contributed by atoms with E-state index in [0.717, 1.165) is 43.8 Å². The zero-order valence-corrected chi connectivity index (χ0v) is 14.2. The van der Waals surface area contributed by atoms with Gasteiger partial charge < -0.3 is 4.90 Å². The Morgan fingerprint density at radius 1 is 1.12 bits per heavy atom. The van der Waals surface area contributed by atoms with Gasteiger partial charge in [0.15, 0.2) is 0 Å². The van der Waals surface area contributed by atoms with Crippen LogP contribution < -0.4 is 4.90 Å². The third-order valence-electron chi connectivity index (χ3n) is 5.94. The third-order valence-corrected chi connectivity index (χ3v) is 5.94. The van der Waals surface area contributed by atoms with Crippen molar-refractivity contribution in [3.05, 3.63) is 35.5 Å². The van der Waals surface area contributed by atoms with Gasteiger partial charge in [0.2, 0.25) is 0 Å². The number of hydrogen-bond acceptors (Lipinski definition) is 5. The fourth-order valence-corrected chi connectivity index (χ4v) is 4.82. The Morgan fingerprint density at radius 2 is 1.96 bits per heavy atom. The summed E-state index contributed by atoms with van der Waals surface area (Å²) < 4.78 is 2.20. The summed E-state index contributed by atoms with van der Waals surface area (Å²) in [5, 5.41) is 4.54. The van der Waals surface area contributed by atoms with Crippen molar-refractivity contribution in [2.24, 2.45) is 11.8 Å². The van der Waals surface area contributed by atoms with E-state index in [4.69, 9.17) is 0 Å². The third kappa shape index (κ3) is 2.32. The van der Waals surface area contributed by atoms with Crippen LogP contribution in [0.15, 0.2) is 18.7 Å². The molecule has 126 valence electrons. The number of anilines is 1. The molecule has 0 N–H and O–H groups in total. The van der Waals surface area contributed by atoms with Crippen molar-refractivity contribution in [1.82, 2.24) is 24.6 Å². The van der Waals surface area contributed by atoms with Gasteiger partial charge in [-0.2, -0.15) is 5.10 Å². The maximum absolute atomic E-state index is 4.54. The molecule has 0 aromatic carbocycles. The van der Waals surface area contributed by atoms with Gasteiger partial charge >= 0.3 is 0 Å². The Morgan fingerprint density at radius 3 is 2.75 bits per heavy atom. The second kappa shape index (κ2) is 5.55. The van der Waals surface area contributed by atoms with Crippen LogP contribution >= 0.6 is 0 Å². The molecule has 0 radical (unpaired) electrons. The predicted octanol–water partition coefficient (Wildman–Crippen LogP) is 1.50. The van der Waals surface area contributed by atoms with Crippen LogP contribution in [0.3, 0.4) is 0 Å². The lowest BCUT2D eigenvalue weighted by Crippen LogP contribution is -2.29.